The Morgan fingerprint density at radius 2 is 1.46 bits per heavy atom. The summed E-state index contributed by atoms with van der Waals surface area (Å²) in [5, 5.41) is 20.8. The van der Waals surface area contributed by atoms with E-state index in [2.05, 4.69) is 16.3 Å². The first-order valence-corrected chi connectivity index (χ1v) is 13.1. The fraction of sp³-hybridized carbons (Fsp3) is 0. The Bertz CT molecular complexity index is 1990. The molecule has 0 fully saturated rings. The Hall–Kier alpha value is -5.15. The highest BCUT2D eigenvalue weighted by Gasteiger charge is 2.26. The maximum Gasteiger partial charge on any atom is 0.216 e. The molecule has 5 heterocycles. The number of benzene rings is 3. The Labute approximate surface area is 225 Å². The van der Waals surface area contributed by atoms with Gasteiger partial charge in [0.25, 0.3) is 0 Å². The average Bonchev–Trinajstić information content (AvgIpc) is 3.77. The standard InChI is InChI=1S/C30H18N6O2S/c1-2-10-22(11-3-1)35-17-21(28(33-35)25-14-19-8-4-6-12-23(19)37-25)16-27-29(34-36-18-31-32-30(36)39-27)26-15-20-9-5-7-13-24(20)38-26/h1-18H/b27-16-. The van der Waals surface area contributed by atoms with E-state index < -0.39 is 0 Å². The summed E-state index contributed by atoms with van der Waals surface area (Å²) >= 11 is 1.48. The van der Waals surface area contributed by atoms with E-state index in [-0.39, 0.29) is 0 Å². The van der Waals surface area contributed by atoms with Crippen molar-refractivity contribution in [3.8, 4) is 17.1 Å². The van der Waals surface area contributed by atoms with Crippen molar-refractivity contribution in [2.75, 3.05) is 0 Å². The van der Waals surface area contributed by atoms with Crippen molar-refractivity contribution in [3.05, 3.63) is 120 Å². The quantitative estimate of drug-likeness (QED) is 0.245. The molecule has 0 amide bonds. The molecule has 0 atom stereocenters. The van der Waals surface area contributed by atoms with Gasteiger partial charge in [0, 0.05) is 27.4 Å². The molecule has 0 spiro atoms. The van der Waals surface area contributed by atoms with Gasteiger partial charge in [-0.15, -0.1) is 10.2 Å². The fourth-order valence-corrected chi connectivity index (χ4v) is 5.55. The second kappa shape index (κ2) is 8.71. The Kier molecular flexibility index (Phi) is 4.89. The molecule has 7 aromatic rings. The third-order valence-corrected chi connectivity index (χ3v) is 7.49. The molecule has 0 saturated carbocycles. The predicted molar refractivity (Wildman–Crippen MR) is 151 cm³/mol. The summed E-state index contributed by atoms with van der Waals surface area (Å²) in [5.41, 5.74) is 4.84. The molecule has 8 nitrogen and oxygen atoms in total. The van der Waals surface area contributed by atoms with Crippen LogP contribution < -0.4 is 0 Å². The molecule has 0 unspecified atom stereocenters. The van der Waals surface area contributed by atoms with Crippen molar-refractivity contribution in [1.29, 1.82) is 0 Å². The van der Waals surface area contributed by atoms with Gasteiger partial charge in [-0.1, -0.05) is 54.6 Å². The molecule has 0 bridgehead atoms. The maximum atomic E-state index is 6.24. The van der Waals surface area contributed by atoms with E-state index in [0.717, 1.165) is 43.8 Å². The first kappa shape index (κ1) is 21.9. The summed E-state index contributed by atoms with van der Waals surface area (Å²) in [5.74, 6) is 1.35. The minimum absolute atomic E-state index is 0.662. The number of hydrogen-bond donors (Lipinski definition) is 0. The highest BCUT2D eigenvalue weighted by atomic mass is 32.2. The van der Waals surface area contributed by atoms with Crippen LogP contribution in [0.5, 0.6) is 0 Å². The third-order valence-electron chi connectivity index (χ3n) is 6.51. The highest BCUT2D eigenvalue weighted by molar-refractivity contribution is 8.04. The number of fused-ring (bicyclic) bond motifs is 3. The number of allylic oxidation sites excluding steroid dienone is 1. The SMILES string of the molecule is C(=C1/Sc2nncn2N=C1c1cc2ccccc2o1)/c1cn(-c2ccccc2)nc1-c1cc2ccccc2o1. The molecular formula is C30H18N6O2S. The van der Waals surface area contributed by atoms with E-state index in [1.165, 1.54) is 11.8 Å². The third kappa shape index (κ3) is 3.79. The molecule has 0 N–H and O–H groups in total. The fourth-order valence-electron chi connectivity index (χ4n) is 4.66. The molecule has 1 aliphatic heterocycles. The van der Waals surface area contributed by atoms with Gasteiger partial charge in [0.05, 0.1) is 5.69 Å². The lowest BCUT2D eigenvalue weighted by Gasteiger charge is -2.13. The lowest BCUT2D eigenvalue weighted by molar-refractivity contribution is 0.602. The van der Waals surface area contributed by atoms with Crippen molar-refractivity contribution in [2.45, 2.75) is 5.16 Å². The van der Waals surface area contributed by atoms with Gasteiger partial charge in [0.15, 0.2) is 11.5 Å². The molecule has 0 aliphatic carbocycles. The van der Waals surface area contributed by atoms with Crippen LogP contribution in [0.1, 0.15) is 11.3 Å². The van der Waals surface area contributed by atoms with Gasteiger partial charge >= 0.3 is 0 Å². The molecule has 4 aromatic heterocycles. The molecule has 1 aliphatic rings. The van der Waals surface area contributed by atoms with Gasteiger partial charge in [-0.25, -0.2) is 4.68 Å². The number of furan rings is 2. The topological polar surface area (TPSA) is 87.2 Å². The molecule has 186 valence electrons. The van der Waals surface area contributed by atoms with E-state index in [1.54, 1.807) is 11.0 Å². The van der Waals surface area contributed by atoms with Crippen LogP contribution in [0.3, 0.4) is 0 Å². The average molecular weight is 527 g/mol. The van der Waals surface area contributed by atoms with Gasteiger partial charge in [-0.3, -0.25) is 0 Å². The van der Waals surface area contributed by atoms with E-state index in [0.29, 0.717) is 22.4 Å². The second-order valence-electron chi connectivity index (χ2n) is 9.03. The van der Waals surface area contributed by atoms with E-state index in [4.69, 9.17) is 19.0 Å². The van der Waals surface area contributed by atoms with Crippen molar-refractivity contribution in [1.82, 2.24) is 24.7 Å². The van der Waals surface area contributed by atoms with Crippen molar-refractivity contribution < 1.29 is 8.83 Å². The minimum atomic E-state index is 0.662. The molecule has 9 heteroatoms. The summed E-state index contributed by atoms with van der Waals surface area (Å²) in [6, 6.07) is 29.9. The van der Waals surface area contributed by atoms with Gasteiger partial charge in [0.2, 0.25) is 5.16 Å². The zero-order valence-corrected chi connectivity index (χ0v) is 21.1. The Morgan fingerprint density at radius 1 is 0.769 bits per heavy atom. The van der Waals surface area contributed by atoms with Gasteiger partial charge in [-0.2, -0.15) is 14.9 Å². The predicted octanol–water partition coefficient (Wildman–Crippen LogP) is 7.02. The highest BCUT2D eigenvalue weighted by Crippen LogP contribution is 2.38. The van der Waals surface area contributed by atoms with Crippen LogP contribution >= 0.6 is 11.8 Å². The second-order valence-corrected chi connectivity index (χ2v) is 10.0. The van der Waals surface area contributed by atoms with Crippen LogP contribution in [-0.2, 0) is 0 Å². The number of para-hydroxylation sites is 3. The molecule has 0 radical (unpaired) electrons. The van der Waals surface area contributed by atoms with Crippen LogP contribution in [0.2, 0.25) is 0 Å². The van der Waals surface area contributed by atoms with Crippen molar-refractivity contribution in [3.63, 3.8) is 0 Å². The molecule has 39 heavy (non-hydrogen) atoms. The molecule has 8 rings (SSSR count). The van der Waals surface area contributed by atoms with Gasteiger partial charge in [-0.05, 0) is 54.2 Å². The number of nitrogens with zero attached hydrogens (tertiary/aromatic N) is 6. The van der Waals surface area contributed by atoms with Crippen molar-refractivity contribution >= 4 is 45.5 Å². The van der Waals surface area contributed by atoms with Gasteiger partial charge in [0.1, 0.15) is 28.9 Å². The van der Waals surface area contributed by atoms with E-state index in [1.807, 2.05) is 102 Å². The summed E-state index contributed by atoms with van der Waals surface area (Å²) in [4.78, 5) is 0.861. The molecule has 3 aromatic carbocycles. The summed E-state index contributed by atoms with van der Waals surface area (Å²) in [6.45, 7) is 0. The zero-order chi connectivity index (χ0) is 25.8. The zero-order valence-electron chi connectivity index (χ0n) is 20.3. The van der Waals surface area contributed by atoms with Crippen molar-refractivity contribution in [2.24, 2.45) is 5.10 Å². The Balaban J connectivity index is 1.32. The molecular weight excluding hydrogens is 508 g/mol. The monoisotopic (exact) mass is 526 g/mol. The van der Waals surface area contributed by atoms with Crippen LogP contribution in [0.4, 0.5) is 0 Å². The maximum absolute atomic E-state index is 6.24. The lowest BCUT2D eigenvalue weighted by atomic mass is 10.1. The number of rotatable bonds is 4. The normalized spacial score (nSPS) is 14.3. The number of aromatic nitrogens is 5. The number of hydrogen-bond acceptors (Lipinski definition) is 7. The largest absolute Gasteiger partial charge is 0.454 e. The minimum Gasteiger partial charge on any atom is -0.454 e. The Morgan fingerprint density at radius 3 is 2.23 bits per heavy atom. The van der Waals surface area contributed by atoms with E-state index >= 15 is 0 Å². The smallest absolute Gasteiger partial charge is 0.216 e. The van der Waals surface area contributed by atoms with Crippen LogP contribution in [0, 0.1) is 0 Å². The molecule has 0 saturated heterocycles. The van der Waals surface area contributed by atoms with E-state index in [9.17, 15) is 0 Å². The van der Waals surface area contributed by atoms with Crippen LogP contribution in [-0.4, -0.2) is 30.4 Å². The summed E-state index contributed by atoms with van der Waals surface area (Å²) in [6.07, 6.45) is 5.65. The first-order chi connectivity index (χ1) is 19.3. The van der Waals surface area contributed by atoms with Gasteiger partial charge < -0.3 is 8.83 Å². The lowest BCUT2D eigenvalue weighted by Crippen LogP contribution is -2.10. The first-order valence-electron chi connectivity index (χ1n) is 12.3. The summed E-state index contributed by atoms with van der Waals surface area (Å²) < 4.78 is 16.0. The van der Waals surface area contributed by atoms with Crippen LogP contribution in [0.15, 0.2) is 128 Å². The summed E-state index contributed by atoms with van der Waals surface area (Å²) in [7, 11) is 0. The van der Waals surface area contributed by atoms with Crippen LogP contribution in [0.25, 0.3) is 45.2 Å². The number of thioether (sulfide) groups is 1.